The number of piperidine rings is 1. The highest BCUT2D eigenvalue weighted by molar-refractivity contribution is 7.89. The number of carbonyl (C=O) groups is 1. The highest BCUT2D eigenvalue weighted by Crippen LogP contribution is 2.28. The number of nitrogens with zero attached hydrogens (tertiary/aromatic N) is 2. The summed E-state index contributed by atoms with van der Waals surface area (Å²) < 4.78 is 27.8. The summed E-state index contributed by atoms with van der Waals surface area (Å²) in [5.41, 5.74) is 3.54. The number of amides is 1. The van der Waals surface area contributed by atoms with Crippen molar-refractivity contribution in [3.05, 3.63) is 59.7 Å². The molecule has 0 bridgehead atoms. The zero-order valence-electron chi connectivity index (χ0n) is 19.0. The topological polar surface area (TPSA) is 69.7 Å². The van der Waals surface area contributed by atoms with E-state index in [9.17, 15) is 13.2 Å². The third kappa shape index (κ3) is 4.84. The molecule has 2 aliphatic rings. The monoisotopic (exact) mass is 455 g/mol. The Balaban J connectivity index is 1.29. The summed E-state index contributed by atoms with van der Waals surface area (Å²) in [5.74, 6) is -0.122. The minimum absolute atomic E-state index is 0.0212. The first-order valence-electron chi connectivity index (χ1n) is 11.5. The van der Waals surface area contributed by atoms with E-state index in [4.69, 9.17) is 0 Å². The number of anilines is 1. The van der Waals surface area contributed by atoms with Gasteiger partial charge in [-0.05, 0) is 74.4 Å². The minimum atomic E-state index is -3.51. The van der Waals surface area contributed by atoms with E-state index in [1.807, 2.05) is 37.4 Å². The van der Waals surface area contributed by atoms with Gasteiger partial charge in [0.2, 0.25) is 15.9 Å². The number of hydrogen-bond acceptors (Lipinski definition) is 4. The molecule has 7 heteroatoms. The molecule has 0 spiro atoms. The van der Waals surface area contributed by atoms with E-state index >= 15 is 0 Å². The van der Waals surface area contributed by atoms with Gasteiger partial charge in [0.25, 0.3) is 0 Å². The molecule has 0 aromatic heterocycles. The van der Waals surface area contributed by atoms with Crippen LogP contribution in [0.2, 0.25) is 0 Å². The molecule has 0 radical (unpaired) electrons. The van der Waals surface area contributed by atoms with Gasteiger partial charge in [-0.15, -0.1) is 0 Å². The zero-order valence-corrected chi connectivity index (χ0v) is 19.8. The number of benzene rings is 2. The van der Waals surface area contributed by atoms with Crippen molar-refractivity contribution >= 4 is 21.6 Å². The Bertz CT molecular complexity index is 1050. The Morgan fingerprint density at radius 3 is 2.50 bits per heavy atom. The fourth-order valence-corrected chi connectivity index (χ4v) is 6.18. The maximum atomic E-state index is 13.1. The molecule has 1 atom stereocenters. The lowest BCUT2D eigenvalue weighted by atomic mass is 9.97. The second-order valence-corrected chi connectivity index (χ2v) is 10.9. The van der Waals surface area contributed by atoms with Gasteiger partial charge in [-0.3, -0.25) is 4.79 Å². The first-order valence-corrected chi connectivity index (χ1v) is 13.0. The molecule has 2 aromatic carbocycles. The van der Waals surface area contributed by atoms with Crippen LogP contribution in [0.3, 0.4) is 0 Å². The van der Waals surface area contributed by atoms with Crippen molar-refractivity contribution in [2.24, 2.45) is 5.92 Å². The van der Waals surface area contributed by atoms with Gasteiger partial charge in [0, 0.05) is 44.3 Å². The van der Waals surface area contributed by atoms with E-state index < -0.39 is 10.0 Å². The Morgan fingerprint density at radius 1 is 1.09 bits per heavy atom. The summed E-state index contributed by atoms with van der Waals surface area (Å²) in [6, 6.07) is 15.8. The summed E-state index contributed by atoms with van der Waals surface area (Å²) >= 11 is 0. The molecule has 4 rings (SSSR count). The second kappa shape index (κ2) is 9.63. The molecule has 2 aromatic rings. The molecule has 172 valence electrons. The Kier molecular flexibility index (Phi) is 6.86. The van der Waals surface area contributed by atoms with Gasteiger partial charge in [0.05, 0.1) is 4.90 Å². The summed E-state index contributed by atoms with van der Waals surface area (Å²) in [6.45, 7) is 3.41. The summed E-state index contributed by atoms with van der Waals surface area (Å²) in [7, 11) is -1.48. The zero-order chi connectivity index (χ0) is 22.7. The minimum Gasteiger partial charge on any atom is -0.370 e. The van der Waals surface area contributed by atoms with Crippen LogP contribution in [-0.2, 0) is 27.7 Å². The Morgan fingerprint density at radius 2 is 1.78 bits per heavy atom. The average Bonchev–Trinajstić information content (AvgIpc) is 3.30. The van der Waals surface area contributed by atoms with Gasteiger partial charge in [-0.25, -0.2) is 8.42 Å². The maximum Gasteiger partial charge on any atom is 0.243 e. The van der Waals surface area contributed by atoms with Gasteiger partial charge in [0.1, 0.15) is 0 Å². The lowest BCUT2D eigenvalue weighted by Crippen LogP contribution is -2.46. The molecule has 0 saturated carbocycles. The number of fused-ring (bicyclic) bond motifs is 1. The van der Waals surface area contributed by atoms with E-state index in [2.05, 4.69) is 29.3 Å². The van der Waals surface area contributed by atoms with Crippen LogP contribution in [0.25, 0.3) is 0 Å². The maximum absolute atomic E-state index is 13.1. The highest BCUT2D eigenvalue weighted by atomic mass is 32.2. The molecule has 6 nitrogen and oxygen atoms in total. The lowest BCUT2D eigenvalue weighted by molar-refractivity contribution is -0.126. The molecule has 1 aliphatic heterocycles. The molecule has 1 unspecified atom stereocenters. The molecule has 1 heterocycles. The van der Waals surface area contributed by atoms with Crippen LogP contribution >= 0.6 is 0 Å². The second-order valence-electron chi connectivity index (χ2n) is 9.00. The number of carbonyl (C=O) groups excluding carboxylic acids is 1. The molecule has 32 heavy (non-hydrogen) atoms. The number of aryl methyl sites for hydroxylation is 2. The van der Waals surface area contributed by atoms with Crippen LogP contribution in [0.4, 0.5) is 5.69 Å². The van der Waals surface area contributed by atoms with Crippen LogP contribution in [0, 0.1) is 5.92 Å². The molecule has 1 saturated heterocycles. The van der Waals surface area contributed by atoms with Crippen LogP contribution < -0.4 is 10.2 Å². The summed E-state index contributed by atoms with van der Waals surface area (Å²) in [6.07, 6.45) is 4.20. The molecule has 1 aliphatic carbocycles. The number of rotatable bonds is 7. The predicted molar refractivity (Wildman–Crippen MR) is 127 cm³/mol. The molecular weight excluding hydrogens is 422 g/mol. The first-order chi connectivity index (χ1) is 15.4. The lowest BCUT2D eigenvalue weighted by Gasteiger charge is -2.32. The van der Waals surface area contributed by atoms with Crippen molar-refractivity contribution < 1.29 is 13.2 Å². The standard InChI is InChI=1S/C25H33N3O3S/c1-19(27(2)23-9-4-3-5-10-23)18-26-25(29)21-13-15-28(16-14-21)32(30,31)24-12-11-20-7-6-8-22(20)17-24/h3-5,9-12,17,19,21H,6-8,13-16,18H2,1-2H3,(H,26,29). The SMILES string of the molecule is CC(CNC(=O)C1CCN(S(=O)(=O)c2ccc3c(c2)CCC3)CC1)N(C)c1ccccc1. The van der Waals surface area contributed by atoms with Gasteiger partial charge >= 0.3 is 0 Å². The number of nitrogens with one attached hydrogen (secondary N) is 1. The fourth-order valence-electron chi connectivity index (χ4n) is 4.66. The third-order valence-electron chi connectivity index (χ3n) is 6.93. The van der Waals surface area contributed by atoms with Crippen molar-refractivity contribution in [1.82, 2.24) is 9.62 Å². The summed E-state index contributed by atoms with van der Waals surface area (Å²) in [5, 5.41) is 3.07. The van der Waals surface area contributed by atoms with Gasteiger partial charge < -0.3 is 10.2 Å². The van der Waals surface area contributed by atoms with Gasteiger partial charge in [0.15, 0.2) is 0 Å². The van der Waals surface area contributed by atoms with Crippen molar-refractivity contribution in [3.63, 3.8) is 0 Å². The molecular formula is C25H33N3O3S. The average molecular weight is 456 g/mol. The van der Waals surface area contributed by atoms with E-state index in [-0.39, 0.29) is 17.9 Å². The largest absolute Gasteiger partial charge is 0.370 e. The quantitative estimate of drug-likeness (QED) is 0.696. The predicted octanol–water partition coefficient (Wildman–Crippen LogP) is 3.22. The van der Waals surface area contributed by atoms with Crippen LogP contribution in [-0.4, -0.2) is 51.4 Å². The fraction of sp³-hybridized carbons (Fsp3) is 0.480. The van der Waals surface area contributed by atoms with Crippen LogP contribution in [0.5, 0.6) is 0 Å². The van der Waals surface area contributed by atoms with Crippen molar-refractivity contribution in [3.8, 4) is 0 Å². The van der Waals surface area contributed by atoms with E-state index in [1.54, 1.807) is 10.4 Å². The highest BCUT2D eigenvalue weighted by Gasteiger charge is 2.32. The smallest absolute Gasteiger partial charge is 0.243 e. The summed E-state index contributed by atoms with van der Waals surface area (Å²) in [4.78, 5) is 15.3. The van der Waals surface area contributed by atoms with Crippen LogP contribution in [0.15, 0.2) is 53.4 Å². The number of para-hydroxylation sites is 1. The van der Waals surface area contributed by atoms with E-state index in [0.29, 0.717) is 37.4 Å². The van der Waals surface area contributed by atoms with Crippen LogP contribution in [0.1, 0.15) is 37.3 Å². The third-order valence-corrected chi connectivity index (χ3v) is 8.82. The Labute approximate surface area is 191 Å². The normalized spacial score (nSPS) is 18.2. The molecule has 1 fully saturated rings. The van der Waals surface area contributed by atoms with Crippen molar-refractivity contribution in [2.45, 2.75) is 50.0 Å². The van der Waals surface area contributed by atoms with Gasteiger partial charge in [-0.2, -0.15) is 4.31 Å². The van der Waals surface area contributed by atoms with Crippen molar-refractivity contribution in [2.75, 3.05) is 31.6 Å². The number of sulfonamides is 1. The number of hydrogen-bond donors (Lipinski definition) is 1. The Hall–Kier alpha value is -2.38. The first kappa shape index (κ1) is 22.8. The van der Waals surface area contributed by atoms with E-state index in [0.717, 1.165) is 30.5 Å². The molecule has 1 amide bonds. The van der Waals surface area contributed by atoms with Gasteiger partial charge in [-0.1, -0.05) is 24.3 Å². The van der Waals surface area contributed by atoms with E-state index in [1.165, 1.54) is 5.56 Å². The van der Waals surface area contributed by atoms with Crippen molar-refractivity contribution in [1.29, 1.82) is 0 Å². The molecule has 1 N–H and O–H groups in total. The number of likely N-dealkylation sites (N-methyl/N-ethyl adjacent to an activating group) is 1.